The first-order valence-electron chi connectivity index (χ1n) is 8.52. The molecular formula is C19H21Cl3N2O2. The van der Waals surface area contributed by atoms with Crippen molar-refractivity contribution in [3.8, 4) is 11.5 Å². The number of hydrogen-bond acceptors (Lipinski definition) is 4. The lowest BCUT2D eigenvalue weighted by Gasteiger charge is -2.26. The molecule has 0 bridgehead atoms. The number of methoxy groups -OCH3 is 1. The summed E-state index contributed by atoms with van der Waals surface area (Å²) >= 11 is 18.6. The fraction of sp³-hybridized carbons (Fsp3) is 0.421. The van der Waals surface area contributed by atoms with Crippen molar-refractivity contribution in [2.45, 2.75) is 19.4 Å². The lowest BCUT2D eigenvalue weighted by molar-refractivity contribution is 0.280. The van der Waals surface area contributed by atoms with Gasteiger partial charge in [-0.05, 0) is 30.9 Å². The first-order valence-corrected chi connectivity index (χ1v) is 9.81. The molecule has 0 saturated heterocycles. The van der Waals surface area contributed by atoms with Gasteiger partial charge in [0.05, 0.1) is 23.8 Å². The van der Waals surface area contributed by atoms with Gasteiger partial charge in [0.15, 0.2) is 11.5 Å². The number of hydrogen-bond donors (Lipinski definition) is 0. The molecule has 0 spiro atoms. The molecule has 7 heteroatoms. The first kappa shape index (κ1) is 19.4. The molecule has 1 heterocycles. The summed E-state index contributed by atoms with van der Waals surface area (Å²) in [6.45, 7) is 1.89. The minimum absolute atomic E-state index is 0.477. The van der Waals surface area contributed by atoms with Crippen LogP contribution >= 0.6 is 34.8 Å². The Morgan fingerprint density at radius 1 is 1.15 bits per heavy atom. The van der Waals surface area contributed by atoms with Crippen molar-refractivity contribution in [3.63, 3.8) is 0 Å². The van der Waals surface area contributed by atoms with Crippen molar-refractivity contribution in [2.24, 2.45) is 5.92 Å². The maximum atomic E-state index is 6.28. The Morgan fingerprint density at radius 3 is 2.50 bits per heavy atom. The fourth-order valence-corrected chi connectivity index (χ4v) is 3.34. The molecule has 0 amide bonds. The number of alkyl halides is 1. The van der Waals surface area contributed by atoms with Crippen LogP contribution in [0.1, 0.15) is 18.4 Å². The molecule has 0 atom stereocenters. The Kier molecular flexibility index (Phi) is 6.74. The zero-order valence-corrected chi connectivity index (χ0v) is 16.8. The molecule has 3 rings (SSSR count). The van der Waals surface area contributed by atoms with Crippen LogP contribution in [0, 0.1) is 5.92 Å². The molecule has 26 heavy (non-hydrogen) atoms. The highest BCUT2D eigenvalue weighted by atomic mass is 35.5. The second kappa shape index (κ2) is 9.03. The predicted molar refractivity (Wildman–Crippen MR) is 107 cm³/mol. The highest BCUT2D eigenvalue weighted by Crippen LogP contribution is 2.36. The lowest BCUT2D eigenvalue weighted by Crippen LogP contribution is -2.25. The van der Waals surface area contributed by atoms with E-state index in [1.54, 1.807) is 19.5 Å². The molecule has 140 valence electrons. The van der Waals surface area contributed by atoms with Gasteiger partial charge in [0.2, 0.25) is 0 Å². The Morgan fingerprint density at radius 2 is 1.88 bits per heavy atom. The molecule has 0 unspecified atom stereocenters. The van der Waals surface area contributed by atoms with Crippen molar-refractivity contribution in [3.05, 3.63) is 46.2 Å². The average molecular weight is 416 g/mol. The highest BCUT2D eigenvalue weighted by molar-refractivity contribution is 6.35. The highest BCUT2D eigenvalue weighted by Gasteiger charge is 2.23. The van der Waals surface area contributed by atoms with Crippen LogP contribution in [0.4, 0.5) is 5.69 Å². The molecule has 1 aliphatic rings. The number of anilines is 1. The van der Waals surface area contributed by atoms with Gasteiger partial charge in [-0.3, -0.25) is 4.98 Å². The van der Waals surface area contributed by atoms with E-state index in [1.165, 1.54) is 12.8 Å². The van der Waals surface area contributed by atoms with Gasteiger partial charge in [-0.25, -0.2) is 0 Å². The summed E-state index contributed by atoms with van der Waals surface area (Å²) in [4.78, 5) is 6.12. The average Bonchev–Trinajstić information content (AvgIpc) is 3.46. The van der Waals surface area contributed by atoms with Crippen LogP contribution in [0.2, 0.25) is 10.0 Å². The van der Waals surface area contributed by atoms with Gasteiger partial charge in [0.25, 0.3) is 0 Å². The van der Waals surface area contributed by atoms with E-state index < -0.39 is 0 Å². The van der Waals surface area contributed by atoms with Crippen molar-refractivity contribution in [1.29, 1.82) is 0 Å². The molecule has 1 fully saturated rings. The summed E-state index contributed by atoms with van der Waals surface area (Å²) in [5.74, 6) is 2.60. The second-order valence-corrected chi connectivity index (χ2v) is 7.47. The third-order valence-electron chi connectivity index (χ3n) is 4.34. The lowest BCUT2D eigenvalue weighted by atomic mass is 10.2. The van der Waals surface area contributed by atoms with E-state index in [9.17, 15) is 0 Å². The van der Waals surface area contributed by atoms with Gasteiger partial charge < -0.3 is 14.4 Å². The molecule has 0 N–H and O–H groups in total. The Bertz CT molecular complexity index is 733. The quantitative estimate of drug-likeness (QED) is 0.511. The van der Waals surface area contributed by atoms with Crippen molar-refractivity contribution < 1.29 is 9.47 Å². The number of ether oxygens (including phenoxy) is 2. The summed E-state index contributed by atoms with van der Waals surface area (Å²) in [5.41, 5.74) is 1.80. The van der Waals surface area contributed by atoms with Crippen molar-refractivity contribution in [1.82, 2.24) is 4.98 Å². The number of nitrogens with zero attached hydrogens (tertiary/aromatic N) is 2. The molecule has 2 aromatic rings. The third kappa shape index (κ3) is 4.87. The standard InChI is InChI=1S/C19H21Cl3N2O2/c1-25-18-5-4-14(8-19(18)26-12-13-2-3-13)24(7-6-20)11-15-16(21)9-23-10-17(15)22/h4-5,8-10,13H,2-3,6-7,11-12H2,1H3. The van der Waals surface area contributed by atoms with Gasteiger partial charge in [-0.1, -0.05) is 23.2 Å². The summed E-state index contributed by atoms with van der Waals surface area (Å²) < 4.78 is 11.4. The molecule has 0 radical (unpaired) electrons. The zero-order valence-electron chi connectivity index (χ0n) is 14.6. The molecule has 1 aromatic heterocycles. The maximum absolute atomic E-state index is 6.28. The van der Waals surface area contributed by atoms with Gasteiger partial charge in [-0.2, -0.15) is 0 Å². The molecule has 1 aliphatic carbocycles. The van der Waals surface area contributed by atoms with Crippen LogP contribution < -0.4 is 14.4 Å². The normalized spacial score (nSPS) is 13.5. The summed E-state index contributed by atoms with van der Waals surface area (Å²) in [7, 11) is 1.64. The van der Waals surface area contributed by atoms with E-state index >= 15 is 0 Å². The summed E-state index contributed by atoms with van der Waals surface area (Å²) in [6, 6.07) is 5.88. The first-order chi connectivity index (χ1) is 12.6. The Balaban J connectivity index is 1.85. The van der Waals surface area contributed by atoms with Crippen LogP contribution in [0.25, 0.3) is 0 Å². The summed E-state index contributed by atoms with van der Waals surface area (Å²) in [5, 5.41) is 1.08. The maximum Gasteiger partial charge on any atom is 0.163 e. The van der Waals surface area contributed by atoms with Gasteiger partial charge in [-0.15, -0.1) is 11.6 Å². The largest absolute Gasteiger partial charge is 0.493 e. The van der Waals surface area contributed by atoms with E-state index in [1.807, 2.05) is 18.2 Å². The summed E-state index contributed by atoms with van der Waals surface area (Å²) in [6.07, 6.45) is 5.67. The van der Waals surface area contributed by atoms with Gasteiger partial charge in [0, 0.05) is 48.7 Å². The third-order valence-corrected chi connectivity index (χ3v) is 5.16. The topological polar surface area (TPSA) is 34.6 Å². The van der Waals surface area contributed by atoms with Crippen molar-refractivity contribution in [2.75, 3.05) is 31.0 Å². The van der Waals surface area contributed by atoms with E-state index in [4.69, 9.17) is 44.3 Å². The SMILES string of the molecule is COc1ccc(N(CCCl)Cc2c(Cl)cncc2Cl)cc1OCC1CC1. The van der Waals surface area contributed by atoms with Crippen LogP contribution in [-0.4, -0.2) is 31.1 Å². The van der Waals surface area contributed by atoms with Crippen LogP contribution in [0.15, 0.2) is 30.6 Å². The Labute approximate surface area is 169 Å². The molecule has 0 aliphatic heterocycles. The number of aromatic nitrogens is 1. The molecule has 1 saturated carbocycles. The smallest absolute Gasteiger partial charge is 0.163 e. The Hall–Kier alpha value is -1.36. The molecular weight excluding hydrogens is 395 g/mol. The molecule has 1 aromatic carbocycles. The minimum Gasteiger partial charge on any atom is -0.493 e. The van der Waals surface area contributed by atoms with E-state index in [0.29, 0.717) is 34.9 Å². The number of halogens is 3. The van der Waals surface area contributed by atoms with E-state index in [-0.39, 0.29) is 0 Å². The predicted octanol–water partition coefficient (Wildman–Crippen LogP) is 5.43. The van der Waals surface area contributed by atoms with Crippen LogP contribution in [0.3, 0.4) is 0 Å². The van der Waals surface area contributed by atoms with Gasteiger partial charge >= 0.3 is 0 Å². The number of benzene rings is 1. The van der Waals surface area contributed by atoms with Crippen LogP contribution in [0.5, 0.6) is 11.5 Å². The number of pyridine rings is 1. The minimum atomic E-state index is 0.477. The van der Waals surface area contributed by atoms with E-state index in [0.717, 1.165) is 29.4 Å². The van der Waals surface area contributed by atoms with Crippen LogP contribution in [-0.2, 0) is 6.54 Å². The van der Waals surface area contributed by atoms with E-state index in [2.05, 4.69) is 9.88 Å². The number of rotatable bonds is 9. The van der Waals surface area contributed by atoms with Crippen molar-refractivity contribution >= 4 is 40.5 Å². The van der Waals surface area contributed by atoms with Gasteiger partial charge in [0.1, 0.15) is 0 Å². The molecule has 4 nitrogen and oxygen atoms in total. The fourth-order valence-electron chi connectivity index (χ4n) is 2.65. The zero-order chi connectivity index (χ0) is 18.5. The monoisotopic (exact) mass is 414 g/mol. The second-order valence-electron chi connectivity index (χ2n) is 6.28.